The summed E-state index contributed by atoms with van der Waals surface area (Å²) in [5, 5.41) is 23.1. The lowest BCUT2D eigenvalue weighted by Crippen LogP contribution is -2.49. The molecule has 4 N–H and O–H groups in total. The van der Waals surface area contributed by atoms with Crippen molar-refractivity contribution in [3.63, 3.8) is 0 Å². The van der Waals surface area contributed by atoms with E-state index in [2.05, 4.69) is 22.8 Å². The second-order valence-corrected chi connectivity index (χ2v) is 8.48. The number of hydrogen-bond acceptors (Lipinski definition) is 5. The first-order chi connectivity index (χ1) is 15.2. The van der Waals surface area contributed by atoms with E-state index in [4.69, 9.17) is 14.9 Å². The molecular weight excluding hydrogens is 412 g/mol. The van der Waals surface area contributed by atoms with Crippen molar-refractivity contribution in [2.45, 2.75) is 44.2 Å². The number of carbonyl (C=O) groups excluding carboxylic acids is 2. The monoisotopic (exact) mass is 440 g/mol. The van der Waals surface area contributed by atoms with E-state index in [1.165, 1.54) is 0 Å². The van der Waals surface area contributed by atoms with Crippen LogP contribution in [0.4, 0.5) is 4.79 Å². The molecule has 1 atom stereocenters. The van der Waals surface area contributed by atoms with Gasteiger partial charge in [0.1, 0.15) is 12.6 Å². The van der Waals surface area contributed by atoms with Crippen molar-refractivity contribution in [3.05, 3.63) is 59.7 Å². The molecule has 8 heteroatoms. The van der Waals surface area contributed by atoms with Crippen molar-refractivity contribution >= 4 is 18.0 Å². The van der Waals surface area contributed by atoms with Gasteiger partial charge in [-0.1, -0.05) is 48.5 Å². The van der Waals surface area contributed by atoms with E-state index in [1.54, 1.807) is 13.8 Å². The van der Waals surface area contributed by atoms with E-state index < -0.39 is 29.6 Å². The first-order valence-corrected chi connectivity index (χ1v) is 10.5. The minimum atomic E-state index is -1.23. The maximum atomic E-state index is 12.5. The van der Waals surface area contributed by atoms with Crippen molar-refractivity contribution < 1.29 is 29.3 Å². The number of carboxylic acid groups (broad SMARTS) is 1. The van der Waals surface area contributed by atoms with Gasteiger partial charge in [0.05, 0.1) is 0 Å². The lowest BCUT2D eigenvalue weighted by atomic mass is 9.98. The van der Waals surface area contributed by atoms with Crippen molar-refractivity contribution in [2.24, 2.45) is 0 Å². The Morgan fingerprint density at radius 3 is 2.12 bits per heavy atom. The topological polar surface area (TPSA) is 125 Å². The molecule has 170 valence electrons. The first kappa shape index (κ1) is 23.3. The van der Waals surface area contributed by atoms with Gasteiger partial charge in [-0.3, -0.25) is 4.79 Å². The Morgan fingerprint density at radius 1 is 1.03 bits per heavy atom. The van der Waals surface area contributed by atoms with Gasteiger partial charge in [0.15, 0.2) is 0 Å². The van der Waals surface area contributed by atoms with Gasteiger partial charge in [0, 0.05) is 30.9 Å². The number of carboxylic acids is 1. The minimum absolute atomic E-state index is 0.0747. The smallest absolute Gasteiger partial charge is 0.407 e. The maximum absolute atomic E-state index is 12.5. The van der Waals surface area contributed by atoms with Crippen LogP contribution in [0.15, 0.2) is 48.5 Å². The zero-order valence-electron chi connectivity index (χ0n) is 18.1. The van der Waals surface area contributed by atoms with Crippen molar-refractivity contribution in [2.75, 3.05) is 13.2 Å². The van der Waals surface area contributed by atoms with Crippen LogP contribution in [0.2, 0.25) is 0 Å². The zero-order valence-corrected chi connectivity index (χ0v) is 18.1. The molecule has 0 aliphatic heterocycles. The zero-order chi connectivity index (χ0) is 23.3. The standard InChI is InChI=1S/C24H28N2O6/c1-24(2,13-21(28)25-20(11-12-27)22(29)30)26-23(31)32-14-19-17-9-5-3-7-15(17)16-8-4-6-10-18(16)19/h3-10,19-20,27H,11-14H2,1-2H3,(H,25,28)(H,26,31)(H,29,30)/t20-/m0/s1. The average Bonchev–Trinajstić information content (AvgIpc) is 3.05. The molecule has 1 aliphatic rings. The van der Waals surface area contributed by atoms with Crippen LogP contribution >= 0.6 is 0 Å². The van der Waals surface area contributed by atoms with Gasteiger partial charge in [-0.15, -0.1) is 0 Å². The average molecular weight is 440 g/mol. The minimum Gasteiger partial charge on any atom is -0.480 e. The molecule has 0 aromatic heterocycles. The maximum Gasteiger partial charge on any atom is 0.407 e. The molecule has 0 unspecified atom stereocenters. The third-order valence-electron chi connectivity index (χ3n) is 5.44. The summed E-state index contributed by atoms with van der Waals surface area (Å²) in [5.41, 5.74) is 3.50. The van der Waals surface area contributed by atoms with E-state index in [1.807, 2.05) is 36.4 Å². The van der Waals surface area contributed by atoms with Crippen LogP contribution in [0, 0.1) is 0 Å². The van der Waals surface area contributed by atoms with E-state index in [-0.39, 0.29) is 32.0 Å². The van der Waals surface area contributed by atoms with Crippen LogP contribution < -0.4 is 10.6 Å². The Kier molecular flexibility index (Phi) is 7.15. The summed E-state index contributed by atoms with van der Waals surface area (Å²) in [5.74, 6) is -1.85. The third kappa shape index (κ3) is 5.45. The molecule has 2 aromatic rings. The molecule has 0 radical (unpaired) electrons. The molecule has 2 aromatic carbocycles. The van der Waals surface area contributed by atoms with Crippen molar-refractivity contribution in [3.8, 4) is 11.1 Å². The summed E-state index contributed by atoms with van der Waals surface area (Å²) in [6, 6.07) is 14.9. The van der Waals surface area contributed by atoms with Crippen LogP contribution in [-0.2, 0) is 14.3 Å². The second-order valence-electron chi connectivity index (χ2n) is 8.48. The van der Waals surface area contributed by atoms with Crippen LogP contribution in [0.3, 0.4) is 0 Å². The van der Waals surface area contributed by atoms with E-state index in [9.17, 15) is 14.4 Å². The number of aliphatic hydroxyl groups is 1. The van der Waals surface area contributed by atoms with Gasteiger partial charge in [0.25, 0.3) is 0 Å². The lowest BCUT2D eigenvalue weighted by molar-refractivity contribution is -0.142. The molecule has 0 spiro atoms. The van der Waals surface area contributed by atoms with Crippen LogP contribution in [0.5, 0.6) is 0 Å². The van der Waals surface area contributed by atoms with Crippen LogP contribution in [-0.4, -0.2) is 53.0 Å². The molecule has 32 heavy (non-hydrogen) atoms. The third-order valence-corrected chi connectivity index (χ3v) is 5.44. The molecule has 0 heterocycles. The Morgan fingerprint density at radius 2 is 1.59 bits per heavy atom. The number of amides is 2. The Hall–Kier alpha value is -3.39. The van der Waals surface area contributed by atoms with Gasteiger partial charge in [-0.2, -0.15) is 0 Å². The second kappa shape index (κ2) is 9.82. The van der Waals surface area contributed by atoms with E-state index >= 15 is 0 Å². The predicted molar refractivity (Wildman–Crippen MR) is 118 cm³/mol. The van der Waals surface area contributed by atoms with Gasteiger partial charge < -0.3 is 25.6 Å². The number of aliphatic carboxylic acids is 1. The largest absolute Gasteiger partial charge is 0.480 e. The highest BCUT2D eigenvalue weighted by molar-refractivity contribution is 5.84. The number of fused-ring (bicyclic) bond motifs is 3. The molecular formula is C24H28N2O6. The number of carbonyl (C=O) groups is 3. The molecule has 0 fully saturated rings. The Bertz CT molecular complexity index is 958. The quantitative estimate of drug-likeness (QED) is 0.475. The van der Waals surface area contributed by atoms with Gasteiger partial charge >= 0.3 is 12.1 Å². The van der Waals surface area contributed by atoms with Crippen molar-refractivity contribution in [1.82, 2.24) is 10.6 Å². The Balaban J connectivity index is 1.57. The summed E-state index contributed by atoms with van der Waals surface area (Å²) in [6.07, 6.45) is -0.900. The molecule has 3 rings (SSSR count). The fraction of sp³-hybridized carbons (Fsp3) is 0.375. The normalized spacial score (nSPS) is 13.6. The number of nitrogens with one attached hydrogen (secondary N) is 2. The van der Waals surface area contributed by atoms with Crippen LogP contribution in [0.25, 0.3) is 11.1 Å². The summed E-state index contributed by atoms with van der Waals surface area (Å²) >= 11 is 0. The molecule has 0 saturated carbocycles. The molecule has 1 aliphatic carbocycles. The number of aliphatic hydroxyl groups excluding tert-OH is 1. The molecule has 8 nitrogen and oxygen atoms in total. The van der Waals surface area contributed by atoms with Crippen LogP contribution in [0.1, 0.15) is 43.7 Å². The Labute approximate surface area is 186 Å². The highest BCUT2D eigenvalue weighted by Crippen LogP contribution is 2.44. The van der Waals surface area contributed by atoms with Gasteiger partial charge in [-0.25, -0.2) is 9.59 Å². The molecule has 2 amide bonds. The summed E-state index contributed by atoms with van der Waals surface area (Å²) < 4.78 is 5.51. The number of hydrogen-bond donors (Lipinski definition) is 4. The number of alkyl carbamates (subject to hydrolysis) is 1. The fourth-order valence-corrected chi connectivity index (χ4v) is 3.99. The lowest BCUT2D eigenvalue weighted by Gasteiger charge is -2.26. The van der Waals surface area contributed by atoms with Crippen molar-refractivity contribution in [1.29, 1.82) is 0 Å². The number of benzene rings is 2. The number of rotatable bonds is 9. The molecule has 0 saturated heterocycles. The first-order valence-electron chi connectivity index (χ1n) is 10.5. The summed E-state index contributed by atoms with van der Waals surface area (Å²) in [4.78, 5) is 35.8. The summed E-state index contributed by atoms with van der Waals surface area (Å²) in [7, 11) is 0. The fourth-order valence-electron chi connectivity index (χ4n) is 3.99. The summed E-state index contributed by atoms with van der Waals surface area (Å²) in [6.45, 7) is 3.09. The highest BCUT2D eigenvalue weighted by Gasteiger charge is 2.31. The number of ether oxygens (including phenoxy) is 1. The SMILES string of the molecule is CC(C)(CC(=O)N[C@@H](CCO)C(=O)O)NC(=O)OCC1c2ccccc2-c2ccccc21. The predicted octanol–water partition coefficient (Wildman–Crippen LogP) is 2.65. The van der Waals surface area contributed by atoms with E-state index in [0.29, 0.717) is 0 Å². The van der Waals surface area contributed by atoms with Gasteiger partial charge in [0.2, 0.25) is 5.91 Å². The van der Waals surface area contributed by atoms with E-state index in [0.717, 1.165) is 22.3 Å². The molecule has 0 bridgehead atoms. The highest BCUT2D eigenvalue weighted by atomic mass is 16.5. The van der Waals surface area contributed by atoms with Gasteiger partial charge in [-0.05, 0) is 36.1 Å².